The normalized spacial score (nSPS) is 20.0. The molecule has 1 amide bonds. The highest BCUT2D eigenvalue weighted by atomic mass is 16.5. The summed E-state index contributed by atoms with van der Waals surface area (Å²) in [5.74, 6) is 1.45. The van der Waals surface area contributed by atoms with Gasteiger partial charge in [-0.2, -0.15) is 0 Å². The summed E-state index contributed by atoms with van der Waals surface area (Å²) >= 11 is 0. The second-order valence-corrected chi connectivity index (χ2v) is 6.01. The van der Waals surface area contributed by atoms with Gasteiger partial charge in [-0.25, -0.2) is 0 Å². The van der Waals surface area contributed by atoms with E-state index in [4.69, 9.17) is 4.74 Å². The third-order valence-electron chi connectivity index (χ3n) is 4.56. The van der Waals surface area contributed by atoms with E-state index in [0.29, 0.717) is 12.5 Å². The second kappa shape index (κ2) is 6.82. The topological polar surface area (TPSA) is 38.3 Å². The van der Waals surface area contributed by atoms with Crippen LogP contribution in [-0.4, -0.2) is 19.6 Å². The zero-order chi connectivity index (χ0) is 15.4. The molecule has 1 fully saturated rings. The summed E-state index contributed by atoms with van der Waals surface area (Å²) in [7, 11) is 1.68. The molecule has 3 rings (SSSR count). The van der Waals surface area contributed by atoms with Gasteiger partial charge in [0.05, 0.1) is 7.11 Å². The molecule has 0 radical (unpaired) electrons. The Morgan fingerprint density at radius 3 is 3.00 bits per heavy atom. The molecular formula is C19H23NO2. The van der Waals surface area contributed by atoms with Crippen molar-refractivity contribution in [2.24, 2.45) is 5.92 Å². The monoisotopic (exact) mass is 297 g/mol. The minimum atomic E-state index is 0.0526. The molecule has 0 aromatic heterocycles. The molecule has 0 heterocycles. The first-order valence-electron chi connectivity index (χ1n) is 8.10. The highest BCUT2D eigenvalue weighted by Gasteiger charge is 2.24. The molecule has 1 atom stereocenters. The van der Waals surface area contributed by atoms with E-state index in [1.807, 2.05) is 24.3 Å². The molecule has 0 spiro atoms. The molecule has 1 saturated carbocycles. The number of nitrogens with one attached hydrogen (secondary N) is 1. The first-order chi connectivity index (χ1) is 10.8. The van der Waals surface area contributed by atoms with Crippen LogP contribution in [0.3, 0.4) is 0 Å². The predicted molar refractivity (Wildman–Crippen MR) is 87.8 cm³/mol. The average Bonchev–Trinajstić information content (AvgIpc) is 2.99. The fourth-order valence-electron chi connectivity index (χ4n) is 3.36. The molecule has 1 aromatic rings. The Hall–Kier alpha value is -2.03. The Bertz CT molecular complexity index is 616. The zero-order valence-electron chi connectivity index (χ0n) is 13.1. The third kappa shape index (κ3) is 3.24. The summed E-state index contributed by atoms with van der Waals surface area (Å²) in [4.78, 5) is 12.3. The first-order valence-corrected chi connectivity index (χ1v) is 8.10. The number of hydrogen-bond acceptors (Lipinski definition) is 2. The van der Waals surface area contributed by atoms with Gasteiger partial charge in [0.1, 0.15) is 5.75 Å². The van der Waals surface area contributed by atoms with Gasteiger partial charge in [0.15, 0.2) is 0 Å². The van der Waals surface area contributed by atoms with Gasteiger partial charge in [0, 0.05) is 12.1 Å². The van der Waals surface area contributed by atoms with Crippen LogP contribution in [0.1, 0.15) is 31.2 Å². The molecule has 3 heteroatoms. The molecule has 22 heavy (non-hydrogen) atoms. The molecular weight excluding hydrogens is 274 g/mol. The summed E-state index contributed by atoms with van der Waals surface area (Å²) in [5, 5.41) is 3.03. The number of methoxy groups -OCH3 is 1. The number of allylic oxidation sites excluding steroid dienone is 2. The standard InChI is InChI=1S/C19H23NO2/c1-22-18-9-5-4-6-14(18)10-11-20-19(21)17-12-15-7-2-3-8-16(15)13-17/h4-6,9,12-13,15H,2-3,7-8,10-11H2,1H3,(H,20,21). The van der Waals surface area contributed by atoms with E-state index >= 15 is 0 Å². The summed E-state index contributed by atoms with van der Waals surface area (Å²) < 4.78 is 5.33. The lowest BCUT2D eigenvalue weighted by Crippen LogP contribution is -2.26. The maximum Gasteiger partial charge on any atom is 0.250 e. The van der Waals surface area contributed by atoms with E-state index in [0.717, 1.165) is 29.7 Å². The van der Waals surface area contributed by atoms with Crippen molar-refractivity contribution in [3.05, 3.63) is 53.1 Å². The quantitative estimate of drug-likeness (QED) is 0.904. The Morgan fingerprint density at radius 2 is 2.18 bits per heavy atom. The molecule has 0 saturated heterocycles. The average molecular weight is 297 g/mol. The van der Waals surface area contributed by atoms with E-state index in [9.17, 15) is 4.79 Å². The summed E-state index contributed by atoms with van der Waals surface area (Å²) in [5.41, 5.74) is 3.42. The number of carbonyl (C=O) groups is 1. The van der Waals surface area contributed by atoms with Crippen LogP contribution in [0.15, 0.2) is 47.6 Å². The van der Waals surface area contributed by atoms with Crippen molar-refractivity contribution in [2.75, 3.05) is 13.7 Å². The van der Waals surface area contributed by atoms with Gasteiger partial charge in [0.25, 0.3) is 5.91 Å². The van der Waals surface area contributed by atoms with Crippen LogP contribution in [0.25, 0.3) is 0 Å². The second-order valence-electron chi connectivity index (χ2n) is 6.01. The maximum atomic E-state index is 12.3. The molecule has 1 N–H and O–H groups in total. The van der Waals surface area contributed by atoms with Crippen molar-refractivity contribution in [1.29, 1.82) is 0 Å². The maximum absolute atomic E-state index is 12.3. The van der Waals surface area contributed by atoms with Gasteiger partial charge in [-0.3, -0.25) is 4.79 Å². The number of rotatable bonds is 5. The molecule has 2 aliphatic carbocycles. The fraction of sp³-hybridized carbons (Fsp3) is 0.421. The van der Waals surface area contributed by atoms with Crippen LogP contribution < -0.4 is 10.1 Å². The molecule has 2 aliphatic rings. The van der Waals surface area contributed by atoms with Crippen molar-refractivity contribution < 1.29 is 9.53 Å². The van der Waals surface area contributed by atoms with Gasteiger partial charge in [-0.1, -0.05) is 36.3 Å². The van der Waals surface area contributed by atoms with Gasteiger partial charge < -0.3 is 10.1 Å². The van der Waals surface area contributed by atoms with Crippen LogP contribution in [0.4, 0.5) is 0 Å². The van der Waals surface area contributed by atoms with Crippen molar-refractivity contribution in [2.45, 2.75) is 32.1 Å². The predicted octanol–water partition coefficient (Wildman–Crippen LogP) is 3.41. The van der Waals surface area contributed by atoms with Crippen molar-refractivity contribution in [1.82, 2.24) is 5.32 Å². The van der Waals surface area contributed by atoms with Gasteiger partial charge in [0.2, 0.25) is 0 Å². The minimum absolute atomic E-state index is 0.0526. The molecule has 0 bridgehead atoms. The zero-order valence-corrected chi connectivity index (χ0v) is 13.1. The highest BCUT2D eigenvalue weighted by molar-refractivity contribution is 5.97. The Kier molecular flexibility index (Phi) is 4.62. The van der Waals surface area contributed by atoms with Crippen molar-refractivity contribution in [3.63, 3.8) is 0 Å². The van der Waals surface area contributed by atoms with E-state index in [2.05, 4.69) is 17.5 Å². The Labute approximate surface area is 132 Å². The number of ether oxygens (including phenoxy) is 1. The molecule has 1 aromatic carbocycles. The van der Waals surface area contributed by atoms with E-state index < -0.39 is 0 Å². The van der Waals surface area contributed by atoms with Gasteiger partial charge in [-0.15, -0.1) is 0 Å². The fourth-order valence-corrected chi connectivity index (χ4v) is 3.36. The van der Waals surface area contributed by atoms with Crippen LogP contribution in [0, 0.1) is 5.92 Å². The lowest BCUT2D eigenvalue weighted by atomic mass is 9.87. The van der Waals surface area contributed by atoms with E-state index in [1.165, 1.54) is 24.8 Å². The molecule has 0 aliphatic heterocycles. The number of carbonyl (C=O) groups excluding carboxylic acids is 1. The number of para-hydroxylation sites is 1. The lowest BCUT2D eigenvalue weighted by molar-refractivity contribution is -0.117. The smallest absolute Gasteiger partial charge is 0.250 e. The van der Waals surface area contributed by atoms with Crippen molar-refractivity contribution >= 4 is 5.91 Å². The van der Waals surface area contributed by atoms with Crippen LogP contribution >= 0.6 is 0 Å². The summed E-state index contributed by atoms with van der Waals surface area (Å²) in [6.07, 6.45) is 9.92. The van der Waals surface area contributed by atoms with Crippen molar-refractivity contribution in [3.8, 4) is 5.75 Å². The summed E-state index contributed by atoms with van der Waals surface area (Å²) in [6, 6.07) is 7.94. The third-order valence-corrected chi connectivity index (χ3v) is 4.56. The Morgan fingerprint density at radius 1 is 1.32 bits per heavy atom. The largest absolute Gasteiger partial charge is 0.496 e. The van der Waals surface area contributed by atoms with Crippen LogP contribution in [-0.2, 0) is 11.2 Å². The van der Waals surface area contributed by atoms with Gasteiger partial charge in [-0.05, 0) is 49.3 Å². The summed E-state index contributed by atoms with van der Waals surface area (Å²) in [6.45, 7) is 0.629. The van der Waals surface area contributed by atoms with E-state index in [1.54, 1.807) is 7.11 Å². The first kappa shape index (κ1) is 14.9. The number of amides is 1. The van der Waals surface area contributed by atoms with Crippen LogP contribution in [0.5, 0.6) is 5.75 Å². The molecule has 1 unspecified atom stereocenters. The highest BCUT2D eigenvalue weighted by Crippen LogP contribution is 2.36. The molecule has 3 nitrogen and oxygen atoms in total. The molecule has 116 valence electrons. The number of fused-ring (bicyclic) bond motifs is 1. The van der Waals surface area contributed by atoms with Crippen LogP contribution in [0.2, 0.25) is 0 Å². The number of hydrogen-bond donors (Lipinski definition) is 1. The SMILES string of the molecule is COc1ccccc1CCNC(=O)C1=CC2CCCCC2=C1. The van der Waals surface area contributed by atoms with Gasteiger partial charge >= 0.3 is 0 Å². The minimum Gasteiger partial charge on any atom is -0.496 e. The Balaban J connectivity index is 1.54. The number of benzene rings is 1. The van der Waals surface area contributed by atoms with E-state index in [-0.39, 0.29) is 5.91 Å². The lowest BCUT2D eigenvalue weighted by Gasteiger charge is -2.18.